The summed E-state index contributed by atoms with van der Waals surface area (Å²) in [5, 5.41) is 5.26. The van der Waals surface area contributed by atoms with Gasteiger partial charge in [0.1, 0.15) is 17.5 Å². The van der Waals surface area contributed by atoms with Crippen LogP contribution in [0.5, 0.6) is 5.75 Å². The predicted molar refractivity (Wildman–Crippen MR) is 103 cm³/mol. The van der Waals surface area contributed by atoms with Gasteiger partial charge in [-0.3, -0.25) is 9.69 Å². The smallest absolute Gasteiger partial charge is 0.416 e. The van der Waals surface area contributed by atoms with Gasteiger partial charge in [0.25, 0.3) is 5.91 Å². The van der Waals surface area contributed by atoms with E-state index in [4.69, 9.17) is 19.9 Å². The largest absolute Gasteiger partial charge is 0.480 e. The summed E-state index contributed by atoms with van der Waals surface area (Å²) in [5.41, 5.74) is 4.99. The van der Waals surface area contributed by atoms with Gasteiger partial charge in [-0.15, -0.1) is 0 Å². The summed E-state index contributed by atoms with van der Waals surface area (Å²) in [6.07, 6.45) is -1.35. The molecule has 0 spiro atoms. The number of nitrogens with one attached hydrogen (secondary N) is 2. The minimum Gasteiger partial charge on any atom is -0.480 e. The van der Waals surface area contributed by atoms with Crippen LogP contribution in [0.25, 0.3) is 0 Å². The standard InChI is InChI=1S/C18H25N5O6/c1-18(2,3)29-16(25)20-8-10-11(6-7-19)28-17(26)23(10)13-5-4-12-15(21-13)22-14(24)9-27-12/h4-5,10-11H,6-9,19H2,1-3H3,(H,20,25)(H,21,22,24). The van der Waals surface area contributed by atoms with Gasteiger partial charge in [0, 0.05) is 6.54 Å². The van der Waals surface area contributed by atoms with E-state index in [0.717, 1.165) is 0 Å². The highest BCUT2D eigenvalue weighted by Gasteiger charge is 2.43. The third-order valence-electron chi connectivity index (χ3n) is 4.22. The molecule has 0 radical (unpaired) electrons. The molecule has 1 aromatic rings. The van der Waals surface area contributed by atoms with Crippen molar-refractivity contribution in [3.05, 3.63) is 12.1 Å². The number of alkyl carbamates (subject to hydrolysis) is 1. The Bertz CT molecular complexity index is 808. The number of nitrogens with two attached hydrogens (primary N) is 1. The van der Waals surface area contributed by atoms with E-state index in [2.05, 4.69) is 15.6 Å². The number of hydrogen-bond donors (Lipinski definition) is 3. The molecule has 29 heavy (non-hydrogen) atoms. The van der Waals surface area contributed by atoms with Crippen LogP contribution in [0.3, 0.4) is 0 Å². The number of hydrogen-bond acceptors (Lipinski definition) is 8. The van der Waals surface area contributed by atoms with Gasteiger partial charge in [0.15, 0.2) is 18.2 Å². The number of ether oxygens (including phenoxy) is 3. The van der Waals surface area contributed by atoms with Crippen molar-refractivity contribution in [3.63, 3.8) is 0 Å². The lowest BCUT2D eigenvalue weighted by Gasteiger charge is -2.26. The Balaban J connectivity index is 1.81. The van der Waals surface area contributed by atoms with Gasteiger partial charge in [0.05, 0.1) is 6.04 Å². The van der Waals surface area contributed by atoms with E-state index in [-0.39, 0.29) is 30.7 Å². The lowest BCUT2D eigenvalue weighted by molar-refractivity contribution is -0.118. The molecule has 158 valence electrons. The topological polar surface area (TPSA) is 145 Å². The fourth-order valence-electron chi connectivity index (χ4n) is 3.06. The van der Waals surface area contributed by atoms with Gasteiger partial charge in [-0.25, -0.2) is 14.6 Å². The van der Waals surface area contributed by atoms with Gasteiger partial charge in [0.2, 0.25) is 0 Å². The number of cyclic esters (lactones) is 1. The molecule has 2 unspecified atom stereocenters. The molecule has 2 aliphatic rings. The second-order valence-corrected chi connectivity index (χ2v) is 7.67. The molecule has 2 aliphatic heterocycles. The van der Waals surface area contributed by atoms with E-state index >= 15 is 0 Å². The van der Waals surface area contributed by atoms with Gasteiger partial charge >= 0.3 is 12.2 Å². The zero-order chi connectivity index (χ0) is 21.2. The average molecular weight is 407 g/mol. The Morgan fingerprint density at radius 3 is 2.86 bits per heavy atom. The van der Waals surface area contributed by atoms with Crippen molar-refractivity contribution in [2.75, 3.05) is 29.9 Å². The molecule has 2 atom stereocenters. The molecular formula is C18H25N5O6. The van der Waals surface area contributed by atoms with Crippen LogP contribution in [0.4, 0.5) is 21.2 Å². The van der Waals surface area contributed by atoms with E-state index in [0.29, 0.717) is 18.7 Å². The lowest BCUT2D eigenvalue weighted by atomic mass is 10.1. The average Bonchev–Trinajstić information content (AvgIpc) is 2.93. The van der Waals surface area contributed by atoms with Gasteiger partial charge in [-0.05, 0) is 45.9 Å². The lowest BCUT2D eigenvalue weighted by Crippen LogP contribution is -2.47. The third kappa shape index (κ3) is 4.86. The summed E-state index contributed by atoms with van der Waals surface area (Å²) in [6.45, 7) is 5.55. The zero-order valence-corrected chi connectivity index (χ0v) is 16.6. The second kappa shape index (κ2) is 8.11. The molecule has 0 aromatic carbocycles. The first kappa shape index (κ1) is 20.6. The molecule has 1 saturated heterocycles. The summed E-state index contributed by atoms with van der Waals surface area (Å²) < 4.78 is 16.0. The molecule has 3 heterocycles. The second-order valence-electron chi connectivity index (χ2n) is 7.67. The number of amides is 3. The molecule has 3 rings (SSSR count). The van der Waals surface area contributed by atoms with E-state index in [1.165, 1.54) is 4.90 Å². The maximum absolute atomic E-state index is 12.5. The highest BCUT2D eigenvalue weighted by Crippen LogP contribution is 2.32. The molecule has 0 saturated carbocycles. The molecule has 1 aromatic heterocycles. The van der Waals surface area contributed by atoms with Crippen molar-refractivity contribution in [1.82, 2.24) is 10.3 Å². The van der Waals surface area contributed by atoms with Crippen LogP contribution in [0.2, 0.25) is 0 Å². The van der Waals surface area contributed by atoms with Crippen molar-refractivity contribution in [1.29, 1.82) is 0 Å². The Hall–Kier alpha value is -3.08. The van der Waals surface area contributed by atoms with Crippen LogP contribution in [0.1, 0.15) is 27.2 Å². The highest BCUT2D eigenvalue weighted by atomic mass is 16.6. The molecule has 0 aliphatic carbocycles. The Morgan fingerprint density at radius 2 is 2.17 bits per heavy atom. The quantitative estimate of drug-likeness (QED) is 0.655. The predicted octanol–water partition coefficient (Wildman–Crippen LogP) is 0.980. The van der Waals surface area contributed by atoms with Crippen LogP contribution in [-0.4, -0.2) is 60.5 Å². The monoisotopic (exact) mass is 407 g/mol. The number of anilines is 2. The number of carbonyl (C=O) groups excluding carboxylic acids is 3. The maximum atomic E-state index is 12.5. The van der Waals surface area contributed by atoms with E-state index in [9.17, 15) is 14.4 Å². The summed E-state index contributed by atoms with van der Waals surface area (Å²) in [4.78, 5) is 41.8. The highest BCUT2D eigenvalue weighted by molar-refractivity contribution is 5.95. The van der Waals surface area contributed by atoms with Crippen molar-refractivity contribution in [2.24, 2.45) is 5.73 Å². The van der Waals surface area contributed by atoms with Crippen molar-refractivity contribution >= 4 is 29.7 Å². The molecule has 4 N–H and O–H groups in total. The summed E-state index contributed by atoms with van der Waals surface area (Å²) >= 11 is 0. The molecule has 1 fully saturated rings. The number of carbonyl (C=O) groups is 3. The van der Waals surface area contributed by atoms with Crippen molar-refractivity contribution in [2.45, 2.75) is 44.9 Å². The third-order valence-corrected chi connectivity index (χ3v) is 4.22. The normalized spacial score (nSPS) is 21.0. The minimum atomic E-state index is -0.652. The van der Waals surface area contributed by atoms with E-state index in [1.54, 1.807) is 32.9 Å². The van der Waals surface area contributed by atoms with Crippen molar-refractivity contribution < 1.29 is 28.6 Å². The van der Waals surface area contributed by atoms with Gasteiger partial charge < -0.3 is 30.6 Å². The van der Waals surface area contributed by atoms with Crippen molar-refractivity contribution in [3.8, 4) is 5.75 Å². The fourth-order valence-corrected chi connectivity index (χ4v) is 3.06. The Kier molecular flexibility index (Phi) is 5.78. The number of nitrogens with zero attached hydrogens (tertiary/aromatic N) is 2. The Morgan fingerprint density at radius 1 is 1.41 bits per heavy atom. The van der Waals surface area contributed by atoms with Crippen LogP contribution in [-0.2, 0) is 14.3 Å². The number of aromatic nitrogens is 1. The SMILES string of the molecule is CC(C)(C)OC(=O)NCC1C(CCN)OC(=O)N1c1ccc2c(n1)NC(=O)CO2. The summed E-state index contributed by atoms with van der Waals surface area (Å²) in [5.74, 6) is 0.542. The van der Waals surface area contributed by atoms with Crippen LogP contribution in [0, 0.1) is 0 Å². The van der Waals surface area contributed by atoms with Gasteiger partial charge in [-0.2, -0.15) is 0 Å². The number of rotatable bonds is 5. The van der Waals surface area contributed by atoms with Crippen LogP contribution < -0.4 is 26.0 Å². The van der Waals surface area contributed by atoms with E-state index in [1.807, 2.05) is 0 Å². The fraction of sp³-hybridized carbons (Fsp3) is 0.556. The molecule has 3 amide bonds. The number of fused-ring (bicyclic) bond motifs is 1. The van der Waals surface area contributed by atoms with Gasteiger partial charge in [-0.1, -0.05) is 0 Å². The molecule has 11 nitrogen and oxygen atoms in total. The molecule has 11 heteroatoms. The van der Waals surface area contributed by atoms with Crippen LogP contribution >= 0.6 is 0 Å². The first-order valence-corrected chi connectivity index (χ1v) is 9.28. The summed E-state index contributed by atoms with van der Waals surface area (Å²) in [6, 6.07) is 2.64. The number of pyridine rings is 1. The van der Waals surface area contributed by atoms with E-state index < -0.39 is 29.9 Å². The Labute approximate surface area is 167 Å². The first-order chi connectivity index (χ1) is 13.7. The van der Waals surface area contributed by atoms with Crippen LogP contribution in [0.15, 0.2) is 12.1 Å². The maximum Gasteiger partial charge on any atom is 0.416 e. The molecule has 0 bridgehead atoms. The first-order valence-electron chi connectivity index (χ1n) is 9.28. The minimum absolute atomic E-state index is 0.0763. The zero-order valence-electron chi connectivity index (χ0n) is 16.6. The summed E-state index contributed by atoms with van der Waals surface area (Å²) in [7, 11) is 0. The molecular weight excluding hydrogens is 382 g/mol.